The van der Waals surface area contributed by atoms with Gasteiger partial charge < -0.3 is 0 Å². The van der Waals surface area contributed by atoms with Crippen molar-refractivity contribution in [3.05, 3.63) is 34.3 Å². The van der Waals surface area contributed by atoms with E-state index in [4.69, 9.17) is 11.6 Å². The molecule has 1 fully saturated rings. The highest BCUT2D eigenvalue weighted by atomic mass is 35.5. The van der Waals surface area contributed by atoms with E-state index in [1.807, 2.05) is 0 Å². The number of aliphatic imine (C=N–C) groups is 1. The third kappa shape index (κ3) is 2.04. The summed E-state index contributed by atoms with van der Waals surface area (Å²) in [6.45, 7) is 0. The van der Waals surface area contributed by atoms with Crippen LogP contribution in [0.5, 0.6) is 0 Å². The second-order valence-corrected chi connectivity index (χ2v) is 4.66. The Hall–Kier alpha value is -1.32. The van der Waals surface area contributed by atoms with Crippen LogP contribution in [0.25, 0.3) is 0 Å². The van der Waals surface area contributed by atoms with Crippen molar-refractivity contribution in [1.29, 1.82) is 0 Å². The average Bonchev–Trinajstić information content (AvgIpc) is 2.22. The molecule has 0 spiro atoms. The van der Waals surface area contributed by atoms with E-state index in [2.05, 4.69) is 4.99 Å². The predicted molar refractivity (Wildman–Crippen MR) is 60.1 cm³/mol. The van der Waals surface area contributed by atoms with E-state index in [0.29, 0.717) is 19.3 Å². The van der Waals surface area contributed by atoms with Crippen molar-refractivity contribution >= 4 is 17.7 Å². The summed E-state index contributed by atoms with van der Waals surface area (Å²) in [5.74, 6) is 0. The number of nitrogens with zero attached hydrogens (tertiary/aromatic N) is 1. The Morgan fingerprint density at radius 2 is 2.00 bits per heavy atom. The van der Waals surface area contributed by atoms with Crippen molar-refractivity contribution in [2.24, 2.45) is 4.99 Å². The van der Waals surface area contributed by atoms with Gasteiger partial charge in [0, 0.05) is 10.6 Å². The molecule has 0 N–H and O–H groups in total. The van der Waals surface area contributed by atoms with E-state index < -0.39 is 17.3 Å². The van der Waals surface area contributed by atoms with Gasteiger partial charge in [-0.1, -0.05) is 17.7 Å². The molecule has 1 aliphatic rings. The third-order valence-corrected chi connectivity index (χ3v) is 3.54. The molecule has 1 saturated carbocycles. The molecule has 18 heavy (non-hydrogen) atoms. The molecule has 1 aromatic carbocycles. The lowest BCUT2D eigenvalue weighted by Crippen LogP contribution is -2.34. The van der Waals surface area contributed by atoms with Crippen molar-refractivity contribution < 1.29 is 18.0 Å². The summed E-state index contributed by atoms with van der Waals surface area (Å²) in [7, 11) is 0. The van der Waals surface area contributed by atoms with Crippen molar-refractivity contribution in [1.82, 2.24) is 0 Å². The quantitative estimate of drug-likeness (QED) is 0.591. The summed E-state index contributed by atoms with van der Waals surface area (Å²) in [5.41, 5.74) is -2.08. The molecule has 1 aromatic rings. The lowest BCUT2D eigenvalue weighted by atomic mass is 9.71. The molecule has 0 saturated heterocycles. The molecule has 0 atom stereocenters. The number of rotatable bonds is 2. The number of benzene rings is 1. The summed E-state index contributed by atoms with van der Waals surface area (Å²) < 4.78 is 38.9. The Kier molecular flexibility index (Phi) is 3.21. The van der Waals surface area contributed by atoms with E-state index in [1.54, 1.807) is 0 Å². The largest absolute Gasteiger partial charge is 0.416 e. The predicted octanol–water partition coefficient (Wildman–Crippen LogP) is 4.07. The third-order valence-electron chi connectivity index (χ3n) is 3.22. The van der Waals surface area contributed by atoms with Crippen LogP contribution in [-0.4, -0.2) is 6.08 Å². The van der Waals surface area contributed by atoms with Crippen LogP contribution in [0.2, 0.25) is 5.02 Å². The number of isocyanates is 1. The topological polar surface area (TPSA) is 29.4 Å². The van der Waals surface area contributed by atoms with Crippen molar-refractivity contribution in [3.63, 3.8) is 0 Å². The summed E-state index contributed by atoms with van der Waals surface area (Å²) in [6.07, 6.45) is -1.66. The Bertz CT molecular complexity index is 517. The number of alkyl halides is 3. The van der Waals surface area contributed by atoms with Gasteiger partial charge in [-0.2, -0.15) is 18.2 Å². The maximum absolute atomic E-state index is 13.0. The van der Waals surface area contributed by atoms with Crippen molar-refractivity contribution in [3.8, 4) is 0 Å². The first kappa shape index (κ1) is 13.1. The first-order chi connectivity index (χ1) is 8.41. The molecule has 0 amide bonds. The van der Waals surface area contributed by atoms with Gasteiger partial charge in [0.05, 0.1) is 5.56 Å². The summed E-state index contributed by atoms with van der Waals surface area (Å²) in [4.78, 5) is 14.0. The van der Waals surface area contributed by atoms with E-state index >= 15 is 0 Å². The van der Waals surface area contributed by atoms with Gasteiger partial charge >= 0.3 is 6.18 Å². The average molecular weight is 276 g/mol. The minimum absolute atomic E-state index is 0.0106. The summed E-state index contributed by atoms with van der Waals surface area (Å²) in [6, 6.07) is 3.58. The monoisotopic (exact) mass is 275 g/mol. The van der Waals surface area contributed by atoms with Crippen LogP contribution < -0.4 is 0 Å². The van der Waals surface area contributed by atoms with E-state index in [1.165, 1.54) is 18.2 Å². The normalized spacial score (nSPS) is 17.8. The van der Waals surface area contributed by atoms with Crippen LogP contribution in [0.15, 0.2) is 23.2 Å². The zero-order valence-corrected chi connectivity index (χ0v) is 9.98. The fourth-order valence-electron chi connectivity index (χ4n) is 2.25. The van der Waals surface area contributed by atoms with Crippen LogP contribution in [0.1, 0.15) is 30.4 Å². The van der Waals surface area contributed by atoms with Gasteiger partial charge in [-0.25, -0.2) is 4.79 Å². The van der Waals surface area contributed by atoms with Crippen LogP contribution >= 0.6 is 11.6 Å². The fourth-order valence-corrected chi connectivity index (χ4v) is 2.60. The van der Waals surface area contributed by atoms with Crippen LogP contribution in [-0.2, 0) is 16.5 Å². The van der Waals surface area contributed by atoms with Gasteiger partial charge in [0.1, 0.15) is 5.54 Å². The smallest absolute Gasteiger partial charge is 0.211 e. The molecule has 0 radical (unpaired) electrons. The molecule has 6 heteroatoms. The highest BCUT2D eigenvalue weighted by molar-refractivity contribution is 6.31. The molecule has 0 aliphatic heterocycles. The number of carbonyl (C=O) groups excluding carboxylic acids is 1. The van der Waals surface area contributed by atoms with Gasteiger partial charge in [-0.05, 0) is 31.4 Å². The second kappa shape index (κ2) is 4.41. The lowest BCUT2D eigenvalue weighted by molar-refractivity contribution is -0.139. The molecular formula is C12H9ClF3NO. The standard InChI is InChI=1S/C12H9ClF3NO/c13-9-4-1-3-8(12(14,15)16)10(9)11(17-7-18)5-2-6-11/h1,3-4H,2,5-6H2. The number of hydrogen-bond donors (Lipinski definition) is 0. The molecule has 2 nitrogen and oxygen atoms in total. The Morgan fingerprint density at radius 3 is 2.44 bits per heavy atom. The first-order valence-corrected chi connectivity index (χ1v) is 5.74. The zero-order valence-electron chi connectivity index (χ0n) is 9.22. The van der Waals surface area contributed by atoms with Crippen LogP contribution in [0.3, 0.4) is 0 Å². The second-order valence-electron chi connectivity index (χ2n) is 4.25. The summed E-state index contributed by atoms with van der Waals surface area (Å²) >= 11 is 5.88. The Balaban J connectivity index is 2.66. The van der Waals surface area contributed by atoms with Crippen molar-refractivity contribution in [2.75, 3.05) is 0 Å². The molecule has 2 rings (SSSR count). The SMILES string of the molecule is O=C=NC1(c2c(Cl)cccc2C(F)(F)F)CCC1. The highest BCUT2D eigenvalue weighted by Crippen LogP contribution is 2.51. The van der Waals surface area contributed by atoms with E-state index in [9.17, 15) is 18.0 Å². The number of halogens is 4. The molecule has 0 bridgehead atoms. The molecule has 0 unspecified atom stereocenters. The Morgan fingerprint density at radius 1 is 1.33 bits per heavy atom. The number of hydrogen-bond acceptors (Lipinski definition) is 2. The minimum Gasteiger partial charge on any atom is -0.211 e. The minimum atomic E-state index is -4.51. The van der Waals surface area contributed by atoms with Crippen LogP contribution in [0, 0.1) is 0 Å². The van der Waals surface area contributed by atoms with Gasteiger partial charge in [0.15, 0.2) is 0 Å². The first-order valence-electron chi connectivity index (χ1n) is 5.36. The molecular weight excluding hydrogens is 267 g/mol. The van der Waals surface area contributed by atoms with Gasteiger partial charge in [-0.3, -0.25) is 0 Å². The van der Waals surface area contributed by atoms with Gasteiger partial charge in [-0.15, -0.1) is 0 Å². The Labute approximate surface area is 106 Å². The highest BCUT2D eigenvalue weighted by Gasteiger charge is 2.46. The maximum atomic E-state index is 13.0. The zero-order chi connectivity index (χ0) is 13.4. The maximum Gasteiger partial charge on any atom is 0.416 e. The van der Waals surface area contributed by atoms with E-state index in [-0.39, 0.29) is 10.6 Å². The molecule has 0 heterocycles. The summed E-state index contributed by atoms with van der Waals surface area (Å²) in [5, 5.41) is -0.0106. The molecule has 96 valence electrons. The van der Waals surface area contributed by atoms with Gasteiger partial charge in [0.25, 0.3) is 0 Å². The van der Waals surface area contributed by atoms with Crippen molar-refractivity contribution in [2.45, 2.75) is 31.0 Å². The van der Waals surface area contributed by atoms with E-state index in [0.717, 1.165) is 6.07 Å². The molecule has 1 aliphatic carbocycles. The fraction of sp³-hybridized carbons (Fsp3) is 0.417. The molecule has 0 aromatic heterocycles. The lowest BCUT2D eigenvalue weighted by Gasteiger charge is -2.39. The van der Waals surface area contributed by atoms with Gasteiger partial charge in [0.2, 0.25) is 6.08 Å². The van der Waals surface area contributed by atoms with Crippen LogP contribution in [0.4, 0.5) is 13.2 Å².